The van der Waals surface area contributed by atoms with Gasteiger partial charge in [0, 0.05) is 12.7 Å². The predicted molar refractivity (Wildman–Crippen MR) is 61.1 cm³/mol. The van der Waals surface area contributed by atoms with Crippen LogP contribution in [0.4, 0.5) is 0 Å². The lowest BCUT2D eigenvalue weighted by Gasteiger charge is -2.25. The molecule has 4 nitrogen and oxygen atoms in total. The number of amides is 1. The van der Waals surface area contributed by atoms with E-state index in [4.69, 9.17) is 0 Å². The Bertz CT molecular complexity index is 327. The Morgan fingerprint density at radius 1 is 1.44 bits per heavy atom. The van der Waals surface area contributed by atoms with Crippen LogP contribution in [0.2, 0.25) is 0 Å². The maximum atomic E-state index is 11.6. The molecule has 0 bridgehead atoms. The molecule has 0 aromatic carbocycles. The first-order valence-corrected chi connectivity index (χ1v) is 5.85. The maximum absolute atomic E-state index is 11.6. The molecule has 3 N–H and O–H groups in total. The molecular weight excluding hydrogens is 204 g/mol. The number of hydrogen-bond donors (Lipinski definition) is 3. The van der Waals surface area contributed by atoms with Crippen molar-refractivity contribution in [2.24, 2.45) is 5.92 Å². The lowest BCUT2D eigenvalue weighted by atomic mass is 9.87. The van der Waals surface area contributed by atoms with E-state index in [1.165, 1.54) is 0 Å². The molecule has 0 aliphatic heterocycles. The highest BCUT2D eigenvalue weighted by molar-refractivity contribution is 5.92. The minimum Gasteiger partial charge on any atom is -0.393 e. The Kier molecular flexibility index (Phi) is 3.62. The summed E-state index contributed by atoms with van der Waals surface area (Å²) >= 11 is 0. The van der Waals surface area contributed by atoms with E-state index in [0.29, 0.717) is 18.2 Å². The zero-order valence-corrected chi connectivity index (χ0v) is 9.28. The first kappa shape index (κ1) is 11.2. The van der Waals surface area contributed by atoms with Crippen molar-refractivity contribution < 1.29 is 9.90 Å². The summed E-state index contributed by atoms with van der Waals surface area (Å²) < 4.78 is 0. The van der Waals surface area contributed by atoms with Crippen molar-refractivity contribution in [2.75, 3.05) is 6.54 Å². The van der Waals surface area contributed by atoms with Crippen LogP contribution in [0, 0.1) is 5.92 Å². The van der Waals surface area contributed by atoms with E-state index in [0.717, 1.165) is 25.7 Å². The summed E-state index contributed by atoms with van der Waals surface area (Å²) in [5, 5.41) is 12.3. The number of carbonyl (C=O) groups excluding carboxylic acids is 1. The van der Waals surface area contributed by atoms with Gasteiger partial charge >= 0.3 is 0 Å². The van der Waals surface area contributed by atoms with E-state index in [-0.39, 0.29) is 12.0 Å². The predicted octanol–water partition coefficient (Wildman–Crippen LogP) is 1.30. The third-order valence-electron chi connectivity index (χ3n) is 3.21. The summed E-state index contributed by atoms with van der Waals surface area (Å²) in [4.78, 5) is 14.5. The smallest absolute Gasteiger partial charge is 0.267 e. The van der Waals surface area contributed by atoms with Gasteiger partial charge in [0.1, 0.15) is 5.69 Å². The van der Waals surface area contributed by atoms with Crippen molar-refractivity contribution in [3.05, 3.63) is 24.0 Å². The highest BCUT2D eigenvalue weighted by Gasteiger charge is 2.19. The number of aliphatic hydroxyl groups excluding tert-OH is 1. The molecule has 4 heteroatoms. The summed E-state index contributed by atoms with van der Waals surface area (Å²) in [6, 6.07) is 3.58. The first-order chi connectivity index (χ1) is 7.75. The van der Waals surface area contributed by atoms with Crippen LogP contribution in [0.3, 0.4) is 0 Å². The van der Waals surface area contributed by atoms with Crippen molar-refractivity contribution in [1.29, 1.82) is 0 Å². The van der Waals surface area contributed by atoms with Gasteiger partial charge in [0.2, 0.25) is 0 Å². The molecule has 1 fully saturated rings. The molecule has 88 valence electrons. The fourth-order valence-corrected chi connectivity index (χ4v) is 2.15. The van der Waals surface area contributed by atoms with E-state index in [1.807, 2.05) is 6.07 Å². The molecule has 0 atom stereocenters. The zero-order valence-electron chi connectivity index (χ0n) is 9.28. The zero-order chi connectivity index (χ0) is 11.4. The summed E-state index contributed by atoms with van der Waals surface area (Å²) in [5.74, 6) is 0.471. The molecule has 1 heterocycles. The molecular formula is C12H18N2O2. The molecule has 1 aromatic heterocycles. The number of aliphatic hydroxyl groups is 1. The highest BCUT2D eigenvalue weighted by Crippen LogP contribution is 2.23. The summed E-state index contributed by atoms with van der Waals surface area (Å²) in [6.07, 6.45) is 5.35. The van der Waals surface area contributed by atoms with Crippen molar-refractivity contribution in [3.63, 3.8) is 0 Å². The van der Waals surface area contributed by atoms with E-state index in [9.17, 15) is 9.90 Å². The monoisotopic (exact) mass is 222 g/mol. The van der Waals surface area contributed by atoms with E-state index >= 15 is 0 Å². The van der Waals surface area contributed by atoms with Crippen LogP contribution in [0.5, 0.6) is 0 Å². The molecule has 1 saturated carbocycles. The number of hydrogen-bond acceptors (Lipinski definition) is 2. The number of aromatic amines is 1. The van der Waals surface area contributed by atoms with Gasteiger partial charge in [0.05, 0.1) is 6.10 Å². The normalized spacial score (nSPS) is 25.3. The number of rotatable bonds is 3. The van der Waals surface area contributed by atoms with Crippen LogP contribution in [-0.4, -0.2) is 28.6 Å². The second-order valence-electron chi connectivity index (χ2n) is 4.47. The van der Waals surface area contributed by atoms with Crippen molar-refractivity contribution in [2.45, 2.75) is 31.8 Å². The summed E-state index contributed by atoms with van der Waals surface area (Å²) in [7, 11) is 0. The number of nitrogens with one attached hydrogen (secondary N) is 2. The average molecular weight is 222 g/mol. The first-order valence-electron chi connectivity index (χ1n) is 5.85. The van der Waals surface area contributed by atoms with Crippen LogP contribution < -0.4 is 5.32 Å². The Balaban J connectivity index is 1.73. The molecule has 0 unspecified atom stereocenters. The van der Waals surface area contributed by atoms with Crippen LogP contribution in [0.25, 0.3) is 0 Å². The minimum atomic E-state index is -0.129. The van der Waals surface area contributed by atoms with E-state index < -0.39 is 0 Å². The van der Waals surface area contributed by atoms with Crippen LogP contribution in [0.1, 0.15) is 36.2 Å². The molecule has 1 aliphatic rings. The van der Waals surface area contributed by atoms with Gasteiger partial charge < -0.3 is 15.4 Å². The molecule has 1 amide bonds. The standard InChI is InChI=1S/C12H18N2O2/c15-10-5-3-9(4-6-10)8-14-12(16)11-2-1-7-13-11/h1-2,7,9-10,13,15H,3-6,8H2,(H,14,16). The lowest BCUT2D eigenvalue weighted by molar-refractivity contribution is 0.0906. The second-order valence-corrected chi connectivity index (χ2v) is 4.47. The summed E-state index contributed by atoms with van der Waals surface area (Å²) in [6.45, 7) is 0.713. The SMILES string of the molecule is O=C(NCC1CCC(O)CC1)c1ccc[nH]1. The average Bonchev–Trinajstić information content (AvgIpc) is 2.81. The second kappa shape index (κ2) is 5.16. The van der Waals surface area contributed by atoms with E-state index in [1.54, 1.807) is 12.3 Å². The van der Waals surface area contributed by atoms with Gasteiger partial charge in [-0.1, -0.05) is 0 Å². The van der Waals surface area contributed by atoms with Gasteiger partial charge in [-0.3, -0.25) is 4.79 Å². The van der Waals surface area contributed by atoms with Gasteiger partial charge in [0.25, 0.3) is 5.91 Å². The number of carbonyl (C=O) groups is 1. The molecule has 1 aliphatic carbocycles. The molecule has 0 spiro atoms. The number of aromatic nitrogens is 1. The Hall–Kier alpha value is -1.29. The van der Waals surface area contributed by atoms with Crippen LogP contribution >= 0.6 is 0 Å². The van der Waals surface area contributed by atoms with Crippen molar-refractivity contribution in [3.8, 4) is 0 Å². The largest absolute Gasteiger partial charge is 0.393 e. The topological polar surface area (TPSA) is 65.1 Å². The minimum absolute atomic E-state index is 0.0453. The lowest BCUT2D eigenvalue weighted by Crippen LogP contribution is -2.32. The maximum Gasteiger partial charge on any atom is 0.267 e. The summed E-state index contributed by atoms with van der Waals surface area (Å²) in [5.41, 5.74) is 0.607. The quantitative estimate of drug-likeness (QED) is 0.721. The van der Waals surface area contributed by atoms with Crippen molar-refractivity contribution in [1.82, 2.24) is 10.3 Å². The molecule has 0 radical (unpaired) electrons. The van der Waals surface area contributed by atoms with Crippen molar-refractivity contribution >= 4 is 5.91 Å². The van der Waals surface area contributed by atoms with Gasteiger partial charge in [-0.25, -0.2) is 0 Å². The van der Waals surface area contributed by atoms with Gasteiger partial charge in [-0.15, -0.1) is 0 Å². The highest BCUT2D eigenvalue weighted by atomic mass is 16.3. The molecule has 2 rings (SSSR count). The molecule has 0 saturated heterocycles. The van der Waals surface area contributed by atoms with Crippen LogP contribution in [0.15, 0.2) is 18.3 Å². The van der Waals surface area contributed by atoms with Gasteiger partial charge in [-0.05, 0) is 43.7 Å². The molecule has 16 heavy (non-hydrogen) atoms. The Labute approximate surface area is 95.1 Å². The fourth-order valence-electron chi connectivity index (χ4n) is 2.15. The van der Waals surface area contributed by atoms with Gasteiger partial charge in [-0.2, -0.15) is 0 Å². The third-order valence-corrected chi connectivity index (χ3v) is 3.21. The molecule has 1 aromatic rings. The van der Waals surface area contributed by atoms with E-state index in [2.05, 4.69) is 10.3 Å². The van der Waals surface area contributed by atoms with Gasteiger partial charge in [0.15, 0.2) is 0 Å². The van der Waals surface area contributed by atoms with Crippen LogP contribution in [-0.2, 0) is 0 Å². The fraction of sp³-hybridized carbons (Fsp3) is 0.583. The third kappa shape index (κ3) is 2.85. The Morgan fingerprint density at radius 2 is 2.19 bits per heavy atom. The number of H-pyrrole nitrogens is 1. The Morgan fingerprint density at radius 3 is 2.81 bits per heavy atom.